The molecule has 17 heavy (non-hydrogen) atoms. The third-order valence-corrected chi connectivity index (χ3v) is 5.09. The van der Waals surface area contributed by atoms with Gasteiger partial charge in [0, 0.05) is 16.7 Å². The summed E-state index contributed by atoms with van der Waals surface area (Å²) in [7, 11) is 2.03. The van der Waals surface area contributed by atoms with Crippen molar-refractivity contribution in [1.82, 2.24) is 5.32 Å². The molecule has 0 radical (unpaired) electrons. The maximum absolute atomic E-state index is 3.34. The molecule has 0 amide bonds. The predicted molar refractivity (Wildman–Crippen MR) is 76.6 cm³/mol. The molecule has 1 N–H and O–H groups in total. The van der Waals surface area contributed by atoms with Crippen LogP contribution in [0.5, 0.6) is 0 Å². The summed E-state index contributed by atoms with van der Waals surface area (Å²) < 4.78 is 0. The lowest BCUT2D eigenvalue weighted by molar-refractivity contribution is 0.621. The average Bonchev–Trinajstić information content (AvgIpc) is 2.89. The predicted octanol–water partition coefficient (Wildman–Crippen LogP) is 4.25. The van der Waals surface area contributed by atoms with Gasteiger partial charge >= 0.3 is 0 Å². The zero-order chi connectivity index (χ0) is 12.1. The standard InChI is InChI=1S/C15H23NS/c1-12(16-2)14-9-5-6-10-15(14)17-11-13-7-3-4-8-13/h5-6,9-10,12-13,16H,3-4,7-8,11H2,1-2H3. The summed E-state index contributed by atoms with van der Waals surface area (Å²) in [5.74, 6) is 2.26. The van der Waals surface area contributed by atoms with Crippen LogP contribution in [-0.4, -0.2) is 12.8 Å². The van der Waals surface area contributed by atoms with Crippen LogP contribution in [0.3, 0.4) is 0 Å². The van der Waals surface area contributed by atoms with E-state index >= 15 is 0 Å². The Bertz CT molecular complexity index is 345. The molecule has 0 bridgehead atoms. The van der Waals surface area contributed by atoms with Crippen LogP contribution in [-0.2, 0) is 0 Å². The topological polar surface area (TPSA) is 12.0 Å². The molecule has 1 unspecified atom stereocenters. The van der Waals surface area contributed by atoms with E-state index in [2.05, 4.69) is 36.5 Å². The Kier molecular flexibility index (Phi) is 4.93. The van der Waals surface area contributed by atoms with Crippen molar-refractivity contribution in [1.29, 1.82) is 0 Å². The van der Waals surface area contributed by atoms with Crippen LogP contribution in [0.25, 0.3) is 0 Å². The SMILES string of the molecule is CNC(C)c1ccccc1SCC1CCCC1. The highest BCUT2D eigenvalue weighted by Gasteiger charge is 2.16. The first-order chi connectivity index (χ1) is 8.31. The molecule has 1 aliphatic carbocycles. The van der Waals surface area contributed by atoms with Crippen LogP contribution in [0.1, 0.15) is 44.2 Å². The molecule has 1 aromatic carbocycles. The Morgan fingerprint density at radius 2 is 2.00 bits per heavy atom. The molecular weight excluding hydrogens is 226 g/mol. The second kappa shape index (κ2) is 6.46. The molecule has 94 valence electrons. The molecule has 1 atom stereocenters. The second-order valence-electron chi connectivity index (χ2n) is 5.01. The Morgan fingerprint density at radius 3 is 2.71 bits per heavy atom. The molecular formula is C15H23NS. The Morgan fingerprint density at radius 1 is 1.29 bits per heavy atom. The normalized spacial score (nSPS) is 18.5. The zero-order valence-electron chi connectivity index (χ0n) is 10.9. The second-order valence-corrected chi connectivity index (χ2v) is 6.07. The maximum Gasteiger partial charge on any atom is 0.0300 e. The monoisotopic (exact) mass is 249 g/mol. The van der Waals surface area contributed by atoms with Crippen molar-refractivity contribution in [2.75, 3.05) is 12.8 Å². The fourth-order valence-electron chi connectivity index (χ4n) is 2.51. The summed E-state index contributed by atoms with van der Waals surface area (Å²) in [6.07, 6.45) is 5.77. The Labute approximate surface area is 109 Å². The number of hydrogen-bond acceptors (Lipinski definition) is 2. The van der Waals surface area contributed by atoms with Gasteiger partial charge in [-0.3, -0.25) is 0 Å². The molecule has 1 aromatic rings. The van der Waals surface area contributed by atoms with E-state index in [0.29, 0.717) is 6.04 Å². The fourth-order valence-corrected chi connectivity index (χ4v) is 3.84. The molecule has 1 fully saturated rings. The van der Waals surface area contributed by atoms with Gasteiger partial charge in [-0.05, 0) is 44.4 Å². The van der Waals surface area contributed by atoms with E-state index < -0.39 is 0 Å². The van der Waals surface area contributed by atoms with E-state index in [1.54, 1.807) is 0 Å². The quantitative estimate of drug-likeness (QED) is 0.783. The molecule has 0 saturated heterocycles. The minimum atomic E-state index is 0.447. The third-order valence-electron chi connectivity index (χ3n) is 3.77. The van der Waals surface area contributed by atoms with Crippen molar-refractivity contribution >= 4 is 11.8 Å². The fraction of sp³-hybridized carbons (Fsp3) is 0.600. The third kappa shape index (κ3) is 3.49. The Balaban J connectivity index is 1.98. The van der Waals surface area contributed by atoms with Gasteiger partial charge in [-0.15, -0.1) is 11.8 Å². The highest BCUT2D eigenvalue weighted by molar-refractivity contribution is 7.99. The highest BCUT2D eigenvalue weighted by atomic mass is 32.2. The summed E-state index contributed by atoms with van der Waals surface area (Å²) in [6, 6.07) is 9.26. The van der Waals surface area contributed by atoms with Crippen molar-refractivity contribution in [2.24, 2.45) is 5.92 Å². The molecule has 1 saturated carbocycles. The van der Waals surface area contributed by atoms with Gasteiger partial charge in [0.1, 0.15) is 0 Å². The van der Waals surface area contributed by atoms with Crippen molar-refractivity contribution in [3.8, 4) is 0 Å². The van der Waals surface area contributed by atoms with Gasteiger partial charge in [-0.25, -0.2) is 0 Å². The summed E-state index contributed by atoms with van der Waals surface area (Å²) >= 11 is 2.05. The first kappa shape index (κ1) is 13.0. The van der Waals surface area contributed by atoms with Crippen molar-refractivity contribution in [3.05, 3.63) is 29.8 Å². The minimum Gasteiger partial charge on any atom is -0.313 e. The molecule has 0 spiro atoms. The van der Waals surface area contributed by atoms with Crippen LogP contribution < -0.4 is 5.32 Å². The van der Waals surface area contributed by atoms with E-state index in [-0.39, 0.29) is 0 Å². The van der Waals surface area contributed by atoms with Gasteiger partial charge in [0.15, 0.2) is 0 Å². The largest absolute Gasteiger partial charge is 0.313 e. The van der Waals surface area contributed by atoms with Crippen LogP contribution >= 0.6 is 11.8 Å². The summed E-state index contributed by atoms with van der Waals surface area (Å²) in [5, 5.41) is 3.34. The van der Waals surface area contributed by atoms with E-state index in [4.69, 9.17) is 0 Å². The molecule has 2 rings (SSSR count). The number of thioether (sulfide) groups is 1. The maximum atomic E-state index is 3.34. The van der Waals surface area contributed by atoms with E-state index in [1.807, 2.05) is 18.8 Å². The lowest BCUT2D eigenvalue weighted by atomic mass is 10.1. The van der Waals surface area contributed by atoms with Crippen LogP contribution in [0, 0.1) is 5.92 Å². The summed E-state index contributed by atoms with van der Waals surface area (Å²) in [5.41, 5.74) is 1.44. The highest BCUT2D eigenvalue weighted by Crippen LogP contribution is 2.33. The number of rotatable bonds is 5. The average molecular weight is 249 g/mol. The lowest BCUT2D eigenvalue weighted by Gasteiger charge is -2.16. The van der Waals surface area contributed by atoms with Crippen LogP contribution in [0.4, 0.5) is 0 Å². The first-order valence-electron chi connectivity index (χ1n) is 6.70. The first-order valence-corrected chi connectivity index (χ1v) is 7.69. The zero-order valence-corrected chi connectivity index (χ0v) is 11.7. The molecule has 0 aliphatic heterocycles. The van der Waals surface area contributed by atoms with E-state index in [1.165, 1.54) is 41.9 Å². The smallest absolute Gasteiger partial charge is 0.0300 e. The van der Waals surface area contributed by atoms with Crippen LogP contribution in [0.2, 0.25) is 0 Å². The van der Waals surface area contributed by atoms with Gasteiger partial charge in [0.05, 0.1) is 0 Å². The lowest BCUT2D eigenvalue weighted by Crippen LogP contribution is -2.13. The van der Waals surface area contributed by atoms with Crippen molar-refractivity contribution in [3.63, 3.8) is 0 Å². The minimum absolute atomic E-state index is 0.447. The van der Waals surface area contributed by atoms with Gasteiger partial charge in [-0.2, -0.15) is 0 Å². The van der Waals surface area contributed by atoms with Crippen molar-refractivity contribution < 1.29 is 0 Å². The van der Waals surface area contributed by atoms with Gasteiger partial charge < -0.3 is 5.32 Å². The number of nitrogens with one attached hydrogen (secondary N) is 1. The van der Waals surface area contributed by atoms with Crippen molar-refractivity contribution in [2.45, 2.75) is 43.5 Å². The van der Waals surface area contributed by atoms with Gasteiger partial charge in [-0.1, -0.05) is 31.0 Å². The number of benzene rings is 1. The molecule has 0 aromatic heterocycles. The van der Waals surface area contributed by atoms with E-state index in [0.717, 1.165) is 5.92 Å². The van der Waals surface area contributed by atoms with E-state index in [9.17, 15) is 0 Å². The van der Waals surface area contributed by atoms with Gasteiger partial charge in [0.2, 0.25) is 0 Å². The molecule has 1 aliphatic rings. The number of hydrogen-bond donors (Lipinski definition) is 1. The van der Waals surface area contributed by atoms with Crippen LogP contribution in [0.15, 0.2) is 29.2 Å². The molecule has 1 nitrogen and oxygen atoms in total. The Hall–Kier alpha value is -0.470. The molecule has 0 heterocycles. The molecule has 2 heteroatoms. The summed E-state index contributed by atoms with van der Waals surface area (Å²) in [6.45, 7) is 2.23. The van der Waals surface area contributed by atoms with Gasteiger partial charge in [0.25, 0.3) is 0 Å². The summed E-state index contributed by atoms with van der Waals surface area (Å²) in [4.78, 5) is 1.46.